The van der Waals surface area contributed by atoms with Crippen LogP contribution >= 0.6 is 11.3 Å². The zero-order valence-electron chi connectivity index (χ0n) is 17.5. The van der Waals surface area contributed by atoms with Crippen LogP contribution < -0.4 is 29.0 Å². The predicted octanol–water partition coefficient (Wildman–Crippen LogP) is 2.79. The molecule has 0 bridgehead atoms. The molecular weight excluding hydrogens is 418 g/mol. The van der Waals surface area contributed by atoms with Crippen LogP contribution in [0.3, 0.4) is 0 Å². The van der Waals surface area contributed by atoms with E-state index in [1.54, 1.807) is 12.1 Å². The molecule has 0 unspecified atom stereocenters. The van der Waals surface area contributed by atoms with Crippen LogP contribution in [0.5, 0.6) is 23.0 Å². The zero-order chi connectivity index (χ0) is 22.0. The first kappa shape index (κ1) is 20.7. The minimum absolute atomic E-state index is 0.208. The Hall–Kier alpha value is -3.59. The van der Waals surface area contributed by atoms with Gasteiger partial charge in [0.15, 0.2) is 17.3 Å². The molecule has 0 saturated heterocycles. The van der Waals surface area contributed by atoms with E-state index in [1.807, 2.05) is 37.3 Å². The number of ether oxygens (including phenoxy) is 4. The third-order valence-electron chi connectivity index (χ3n) is 4.68. The molecule has 0 aliphatic carbocycles. The van der Waals surface area contributed by atoms with Crippen LogP contribution in [0.1, 0.15) is 12.5 Å². The molecule has 9 heteroatoms. The molecule has 0 fully saturated rings. The lowest BCUT2D eigenvalue weighted by Crippen LogP contribution is -2.23. The van der Waals surface area contributed by atoms with Gasteiger partial charge in [-0.05, 0) is 31.2 Å². The Morgan fingerprint density at radius 2 is 1.71 bits per heavy atom. The van der Waals surface area contributed by atoms with Gasteiger partial charge in [-0.25, -0.2) is 4.40 Å². The minimum atomic E-state index is -0.208. The van der Waals surface area contributed by atoms with Crippen molar-refractivity contribution in [2.75, 3.05) is 27.9 Å². The highest BCUT2D eigenvalue weighted by molar-refractivity contribution is 7.15. The highest BCUT2D eigenvalue weighted by atomic mass is 32.1. The summed E-state index contributed by atoms with van der Waals surface area (Å²) in [5.74, 6) is 2.51. The Balaban J connectivity index is 1.89. The molecule has 0 spiro atoms. The molecule has 4 aromatic rings. The summed E-state index contributed by atoms with van der Waals surface area (Å²) in [4.78, 5) is 13.7. The fourth-order valence-electron chi connectivity index (χ4n) is 3.29. The third-order valence-corrected chi connectivity index (χ3v) is 5.64. The van der Waals surface area contributed by atoms with Crippen LogP contribution in [-0.4, -0.2) is 42.5 Å². The predicted molar refractivity (Wildman–Crippen MR) is 119 cm³/mol. The molecular formula is C22H21N3O5S. The molecule has 2 aromatic carbocycles. The molecule has 0 radical (unpaired) electrons. The van der Waals surface area contributed by atoms with Crippen LogP contribution in [0.4, 0.5) is 0 Å². The maximum Gasteiger partial charge on any atom is 0.276 e. The summed E-state index contributed by atoms with van der Waals surface area (Å²) in [6.07, 6.45) is 1.81. The highest BCUT2D eigenvalue weighted by Crippen LogP contribution is 2.40. The van der Waals surface area contributed by atoms with Gasteiger partial charge in [-0.2, -0.15) is 0 Å². The standard InChI is InChI=1S/C22H21N3O5S/c1-5-30-15-9-7-6-8-13(15)12-18-21(26)25-20(23-24-22(25)31-18)14-10-16(27-2)19(29-4)17(11-14)28-3/h6-12H,5H2,1-4H3/b18-12-. The normalized spacial score (nSPS) is 11.7. The lowest BCUT2D eigenvalue weighted by molar-refractivity contribution is 0.324. The Bertz CT molecular complexity index is 1320. The van der Waals surface area contributed by atoms with Crippen molar-refractivity contribution in [3.63, 3.8) is 0 Å². The molecule has 0 atom stereocenters. The van der Waals surface area contributed by atoms with Gasteiger partial charge in [0, 0.05) is 11.1 Å². The second kappa shape index (κ2) is 8.65. The summed E-state index contributed by atoms with van der Waals surface area (Å²) in [6, 6.07) is 11.1. The second-order valence-corrected chi connectivity index (χ2v) is 7.45. The summed E-state index contributed by atoms with van der Waals surface area (Å²) in [5.41, 5.74) is 1.24. The van der Waals surface area contributed by atoms with Crippen molar-refractivity contribution in [1.82, 2.24) is 14.6 Å². The van der Waals surface area contributed by atoms with E-state index in [0.29, 0.717) is 44.7 Å². The largest absolute Gasteiger partial charge is 0.493 e. The molecule has 0 saturated carbocycles. The first-order valence-electron chi connectivity index (χ1n) is 9.53. The van der Waals surface area contributed by atoms with Crippen molar-refractivity contribution < 1.29 is 18.9 Å². The number of aromatic nitrogens is 3. The summed E-state index contributed by atoms with van der Waals surface area (Å²) >= 11 is 1.27. The van der Waals surface area contributed by atoms with E-state index in [0.717, 1.165) is 11.3 Å². The van der Waals surface area contributed by atoms with Gasteiger partial charge in [-0.1, -0.05) is 29.5 Å². The van der Waals surface area contributed by atoms with Crippen molar-refractivity contribution in [2.24, 2.45) is 0 Å². The molecule has 31 heavy (non-hydrogen) atoms. The summed E-state index contributed by atoms with van der Waals surface area (Å²) in [7, 11) is 4.60. The third kappa shape index (κ3) is 3.68. The van der Waals surface area contributed by atoms with Crippen LogP contribution in [-0.2, 0) is 0 Å². The maximum absolute atomic E-state index is 13.2. The second-order valence-electron chi connectivity index (χ2n) is 6.44. The van der Waals surface area contributed by atoms with Gasteiger partial charge >= 0.3 is 0 Å². The summed E-state index contributed by atoms with van der Waals surface area (Å²) in [5, 5.41) is 8.42. The van der Waals surface area contributed by atoms with Gasteiger partial charge in [0.1, 0.15) is 5.75 Å². The maximum atomic E-state index is 13.2. The van der Waals surface area contributed by atoms with E-state index in [-0.39, 0.29) is 5.56 Å². The van der Waals surface area contributed by atoms with Gasteiger partial charge in [-0.15, -0.1) is 10.2 Å². The van der Waals surface area contributed by atoms with Crippen molar-refractivity contribution >= 4 is 22.4 Å². The number of hydrogen-bond donors (Lipinski definition) is 0. The molecule has 8 nitrogen and oxygen atoms in total. The Kier molecular flexibility index (Phi) is 5.77. The topological polar surface area (TPSA) is 84.2 Å². The highest BCUT2D eigenvalue weighted by Gasteiger charge is 2.19. The van der Waals surface area contributed by atoms with E-state index in [4.69, 9.17) is 18.9 Å². The minimum Gasteiger partial charge on any atom is -0.493 e. The van der Waals surface area contributed by atoms with Crippen molar-refractivity contribution in [3.05, 3.63) is 56.8 Å². The SMILES string of the molecule is CCOc1ccccc1/C=c1\sc2nnc(-c3cc(OC)c(OC)c(OC)c3)n2c1=O. The molecule has 4 rings (SSSR count). The molecule has 2 aromatic heterocycles. The molecule has 2 heterocycles. The van der Waals surface area contributed by atoms with Gasteiger partial charge in [0.05, 0.1) is 32.5 Å². The number of fused-ring (bicyclic) bond motifs is 1. The van der Waals surface area contributed by atoms with E-state index < -0.39 is 0 Å². The van der Waals surface area contributed by atoms with Crippen LogP contribution in [0.15, 0.2) is 41.2 Å². The Labute approximate surface area is 182 Å². The molecule has 0 amide bonds. The number of thiazole rings is 1. The number of para-hydroxylation sites is 1. The lowest BCUT2D eigenvalue weighted by Gasteiger charge is -2.13. The average Bonchev–Trinajstić information content (AvgIpc) is 3.34. The lowest BCUT2D eigenvalue weighted by atomic mass is 10.1. The molecule has 160 valence electrons. The fraction of sp³-hybridized carbons (Fsp3) is 0.227. The van der Waals surface area contributed by atoms with Crippen molar-refractivity contribution in [3.8, 4) is 34.4 Å². The molecule has 0 N–H and O–H groups in total. The smallest absolute Gasteiger partial charge is 0.276 e. The number of rotatable bonds is 7. The number of methoxy groups -OCH3 is 3. The van der Waals surface area contributed by atoms with E-state index in [1.165, 1.54) is 37.1 Å². The van der Waals surface area contributed by atoms with Crippen molar-refractivity contribution in [1.29, 1.82) is 0 Å². The number of benzene rings is 2. The van der Waals surface area contributed by atoms with E-state index >= 15 is 0 Å². The molecule has 0 aliphatic rings. The molecule has 0 aliphatic heterocycles. The van der Waals surface area contributed by atoms with Crippen LogP contribution in [0.25, 0.3) is 22.4 Å². The zero-order valence-corrected chi connectivity index (χ0v) is 18.4. The van der Waals surface area contributed by atoms with Gasteiger partial charge in [0.25, 0.3) is 5.56 Å². The van der Waals surface area contributed by atoms with Gasteiger partial charge < -0.3 is 18.9 Å². The monoisotopic (exact) mass is 439 g/mol. The van der Waals surface area contributed by atoms with E-state index in [9.17, 15) is 4.79 Å². The number of nitrogens with zero attached hydrogens (tertiary/aromatic N) is 3. The van der Waals surface area contributed by atoms with Gasteiger partial charge in [-0.3, -0.25) is 4.79 Å². The first-order chi connectivity index (χ1) is 15.1. The first-order valence-corrected chi connectivity index (χ1v) is 10.3. The van der Waals surface area contributed by atoms with Crippen molar-refractivity contribution in [2.45, 2.75) is 6.92 Å². The summed E-state index contributed by atoms with van der Waals surface area (Å²) < 4.78 is 23.9. The average molecular weight is 439 g/mol. The van der Waals surface area contributed by atoms with Crippen LogP contribution in [0.2, 0.25) is 0 Å². The Morgan fingerprint density at radius 1 is 1.00 bits per heavy atom. The quantitative estimate of drug-likeness (QED) is 0.438. The van der Waals surface area contributed by atoms with Gasteiger partial charge in [0.2, 0.25) is 10.7 Å². The Morgan fingerprint density at radius 3 is 2.35 bits per heavy atom. The fourth-order valence-corrected chi connectivity index (χ4v) is 4.19. The van der Waals surface area contributed by atoms with Crippen LogP contribution in [0, 0.1) is 0 Å². The number of hydrogen-bond acceptors (Lipinski definition) is 8. The summed E-state index contributed by atoms with van der Waals surface area (Å²) in [6.45, 7) is 2.46. The van der Waals surface area contributed by atoms with E-state index in [2.05, 4.69) is 10.2 Å².